The normalized spacial score (nSPS) is 16.0. The molecule has 0 amide bonds. The van der Waals surface area contributed by atoms with Gasteiger partial charge in [-0.2, -0.15) is 25.3 Å². The van der Waals surface area contributed by atoms with Gasteiger partial charge in [-0.1, -0.05) is 0 Å². The molecule has 0 aliphatic carbocycles. The highest BCUT2D eigenvalue weighted by molar-refractivity contribution is 7.81. The lowest BCUT2D eigenvalue weighted by Gasteiger charge is -2.26. The molecule has 0 bridgehead atoms. The fourth-order valence-corrected chi connectivity index (χ4v) is 2.75. The van der Waals surface area contributed by atoms with Gasteiger partial charge in [0.1, 0.15) is 5.56 Å². The Labute approximate surface area is 134 Å². The van der Waals surface area contributed by atoms with Gasteiger partial charge >= 0.3 is 5.97 Å². The van der Waals surface area contributed by atoms with Crippen LogP contribution in [0, 0.1) is 5.41 Å². The summed E-state index contributed by atoms with van der Waals surface area (Å²) < 4.78 is 21.7. The van der Waals surface area contributed by atoms with Crippen LogP contribution in [0.3, 0.4) is 0 Å². The Morgan fingerprint density at radius 3 is 2.33 bits per heavy atom. The van der Waals surface area contributed by atoms with Crippen LogP contribution in [0.1, 0.15) is 10.4 Å². The molecule has 1 aromatic rings. The first kappa shape index (κ1) is 16.2. The lowest BCUT2D eigenvalue weighted by atomic mass is 9.95. The zero-order chi connectivity index (χ0) is 15.5. The number of methoxy groups -OCH3 is 2. The van der Waals surface area contributed by atoms with Crippen molar-refractivity contribution in [3.05, 3.63) is 17.7 Å². The van der Waals surface area contributed by atoms with Crippen LogP contribution in [0.15, 0.2) is 12.1 Å². The van der Waals surface area contributed by atoms with Crippen molar-refractivity contribution in [2.24, 2.45) is 5.41 Å². The lowest BCUT2D eigenvalue weighted by molar-refractivity contribution is 0.0594. The summed E-state index contributed by atoms with van der Waals surface area (Å²) >= 11 is 8.72. The van der Waals surface area contributed by atoms with E-state index in [1.165, 1.54) is 14.2 Å². The zero-order valence-corrected chi connectivity index (χ0v) is 13.7. The van der Waals surface area contributed by atoms with Crippen molar-refractivity contribution in [1.82, 2.24) is 0 Å². The number of fused-ring (bicyclic) bond motifs is 1. The van der Waals surface area contributed by atoms with Crippen LogP contribution in [0.2, 0.25) is 0 Å². The van der Waals surface area contributed by atoms with Gasteiger partial charge in [-0.25, -0.2) is 4.79 Å². The van der Waals surface area contributed by atoms with E-state index in [-0.39, 0.29) is 5.41 Å². The molecule has 5 nitrogen and oxygen atoms in total. The minimum atomic E-state index is -0.484. The molecule has 0 fully saturated rings. The SMILES string of the molecule is COC(=O)c1ccc(OC)c2c1OCC(CS)(CS)CO2. The molecule has 1 heterocycles. The lowest BCUT2D eigenvalue weighted by Crippen LogP contribution is -2.37. The van der Waals surface area contributed by atoms with Gasteiger partial charge < -0.3 is 18.9 Å². The maximum Gasteiger partial charge on any atom is 0.341 e. The summed E-state index contributed by atoms with van der Waals surface area (Å²) in [7, 11) is 2.86. The van der Waals surface area contributed by atoms with Crippen molar-refractivity contribution in [3.8, 4) is 17.2 Å². The highest BCUT2D eigenvalue weighted by Gasteiger charge is 2.35. The highest BCUT2D eigenvalue weighted by Crippen LogP contribution is 2.44. The van der Waals surface area contributed by atoms with Gasteiger partial charge in [-0.05, 0) is 12.1 Å². The van der Waals surface area contributed by atoms with Gasteiger partial charge in [0.2, 0.25) is 5.75 Å². The molecular formula is C14H18O5S2. The first-order chi connectivity index (χ1) is 10.1. The Balaban J connectivity index is 2.47. The maximum atomic E-state index is 11.9. The monoisotopic (exact) mass is 330 g/mol. The highest BCUT2D eigenvalue weighted by atomic mass is 32.1. The van der Waals surface area contributed by atoms with Crippen molar-refractivity contribution >= 4 is 31.2 Å². The van der Waals surface area contributed by atoms with Crippen LogP contribution in [-0.2, 0) is 4.74 Å². The quantitative estimate of drug-likeness (QED) is 0.654. The molecule has 21 heavy (non-hydrogen) atoms. The summed E-state index contributed by atoms with van der Waals surface area (Å²) in [4.78, 5) is 11.9. The summed E-state index contributed by atoms with van der Waals surface area (Å²) in [6.07, 6.45) is 0. The van der Waals surface area contributed by atoms with Crippen LogP contribution < -0.4 is 14.2 Å². The third kappa shape index (κ3) is 3.03. The summed E-state index contributed by atoms with van der Waals surface area (Å²) in [5.74, 6) is 1.88. The van der Waals surface area contributed by atoms with Gasteiger partial charge in [0.05, 0.1) is 32.8 Å². The molecule has 0 saturated heterocycles. The molecule has 0 spiro atoms. The second-order valence-corrected chi connectivity index (χ2v) is 5.49. The summed E-state index contributed by atoms with van der Waals surface area (Å²) in [6.45, 7) is 0.734. The molecule has 2 rings (SSSR count). The standard InChI is InChI=1S/C14H18O5S2/c1-16-10-4-3-9(13(15)17-2)11-12(10)19-6-14(7-20,8-21)5-18-11/h3-4,20-21H,5-8H2,1-2H3. The molecule has 1 aliphatic rings. The number of hydrogen-bond acceptors (Lipinski definition) is 7. The second-order valence-electron chi connectivity index (χ2n) is 4.86. The fourth-order valence-electron chi connectivity index (χ4n) is 1.98. The molecule has 1 aliphatic heterocycles. The molecule has 0 radical (unpaired) electrons. The molecular weight excluding hydrogens is 312 g/mol. The molecule has 0 saturated carbocycles. The van der Waals surface area contributed by atoms with E-state index < -0.39 is 5.97 Å². The van der Waals surface area contributed by atoms with Gasteiger partial charge in [0.15, 0.2) is 11.5 Å². The van der Waals surface area contributed by atoms with Crippen molar-refractivity contribution in [1.29, 1.82) is 0 Å². The van der Waals surface area contributed by atoms with Crippen molar-refractivity contribution < 1.29 is 23.7 Å². The smallest absolute Gasteiger partial charge is 0.341 e. The van der Waals surface area contributed by atoms with E-state index in [0.29, 0.717) is 47.5 Å². The minimum absolute atomic E-state index is 0.308. The molecule has 7 heteroatoms. The first-order valence-corrected chi connectivity index (χ1v) is 7.64. The van der Waals surface area contributed by atoms with E-state index in [0.717, 1.165) is 0 Å². The minimum Gasteiger partial charge on any atom is -0.493 e. The third-order valence-corrected chi connectivity index (χ3v) is 4.76. The number of ether oxygens (including phenoxy) is 4. The molecule has 1 aromatic carbocycles. The number of esters is 1. The second kappa shape index (κ2) is 6.70. The van der Waals surface area contributed by atoms with Crippen LogP contribution in [0.25, 0.3) is 0 Å². The predicted octanol–water partition coefficient (Wildman–Crippen LogP) is 2.10. The molecule has 0 aromatic heterocycles. The molecule has 0 unspecified atom stereocenters. The fraction of sp³-hybridized carbons (Fsp3) is 0.500. The number of carbonyl (C=O) groups is 1. The largest absolute Gasteiger partial charge is 0.493 e. The third-order valence-electron chi connectivity index (χ3n) is 3.42. The van der Waals surface area contributed by atoms with Crippen molar-refractivity contribution in [3.63, 3.8) is 0 Å². The van der Waals surface area contributed by atoms with E-state index in [1.807, 2.05) is 0 Å². The van der Waals surface area contributed by atoms with E-state index in [4.69, 9.17) is 18.9 Å². The summed E-state index contributed by atoms with van der Waals surface area (Å²) in [5, 5.41) is 0. The topological polar surface area (TPSA) is 54.0 Å². The molecule has 0 N–H and O–H groups in total. The Hall–Kier alpha value is -1.21. The van der Waals surface area contributed by atoms with E-state index in [2.05, 4.69) is 25.3 Å². The Kier molecular flexibility index (Phi) is 5.16. The van der Waals surface area contributed by atoms with Gasteiger partial charge in [-0.3, -0.25) is 0 Å². The number of carbonyl (C=O) groups excluding carboxylic acids is 1. The zero-order valence-electron chi connectivity index (χ0n) is 11.9. The molecule has 116 valence electrons. The van der Waals surface area contributed by atoms with Gasteiger partial charge in [0.25, 0.3) is 0 Å². The average molecular weight is 330 g/mol. The Morgan fingerprint density at radius 2 is 1.81 bits per heavy atom. The predicted molar refractivity (Wildman–Crippen MR) is 85.5 cm³/mol. The number of thiol groups is 2. The maximum absolute atomic E-state index is 11.9. The molecule has 0 atom stereocenters. The number of hydrogen-bond donors (Lipinski definition) is 2. The number of benzene rings is 1. The summed E-state index contributed by atoms with van der Waals surface area (Å²) in [5.41, 5.74) is -0.0219. The van der Waals surface area contributed by atoms with E-state index in [1.54, 1.807) is 12.1 Å². The average Bonchev–Trinajstić information content (AvgIpc) is 2.74. The Morgan fingerprint density at radius 1 is 1.19 bits per heavy atom. The van der Waals surface area contributed by atoms with Crippen LogP contribution in [-0.4, -0.2) is 44.9 Å². The first-order valence-electron chi connectivity index (χ1n) is 6.37. The van der Waals surface area contributed by atoms with Crippen LogP contribution in [0.4, 0.5) is 0 Å². The van der Waals surface area contributed by atoms with Gasteiger partial charge in [0, 0.05) is 11.5 Å². The van der Waals surface area contributed by atoms with E-state index in [9.17, 15) is 4.79 Å². The van der Waals surface area contributed by atoms with Crippen LogP contribution >= 0.6 is 25.3 Å². The van der Waals surface area contributed by atoms with Crippen LogP contribution in [0.5, 0.6) is 17.2 Å². The van der Waals surface area contributed by atoms with E-state index >= 15 is 0 Å². The van der Waals surface area contributed by atoms with Crippen molar-refractivity contribution in [2.75, 3.05) is 38.9 Å². The number of rotatable bonds is 4. The summed E-state index contributed by atoms with van der Waals surface area (Å²) in [6, 6.07) is 3.25. The van der Waals surface area contributed by atoms with Gasteiger partial charge in [-0.15, -0.1) is 0 Å². The van der Waals surface area contributed by atoms with Crippen molar-refractivity contribution in [2.45, 2.75) is 0 Å². The Bertz CT molecular complexity index is 528.